The van der Waals surface area contributed by atoms with Crippen LogP contribution in [-0.2, 0) is 10.9 Å². The van der Waals surface area contributed by atoms with E-state index in [-0.39, 0.29) is 29.3 Å². The number of halogens is 3. The smallest absolute Gasteiger partial charge is 0.395 e. The third-order valence-corrected chi connectivity index (χ3v) is 5.40. The molecule has 0 unspecified atom stereocenters. The Morgan fingerprint density at radius 2 is 1.96 bits per heavy atom. The number of nitrogen functional groups attached to an aromatic ring is 1. The highest BCUT2D eigenvalue weighted by Gasteiger charge is 2.37. The second-order valence-corrected chi connectivity index (χ2v) is 7.17. The van der Waals surface area contributed by atoms with Gasteiger partial charge in [0.15, 0.2) is 5.82 Å². The average molecular weight is 381 g/mol. The van der Waals surface area contributed by atoms with E-state index in [1.165, 1.54) is 0 Å². The van der Waals surface area contributed by atoms with Crippen molar-refractivity contribution in [1.82, 2.24) is 14.8 Å². The molecule has 2 N–H and O–H groups in total. The van der Waals surface area contributed by atoms with E-state index in [1.807, 2.05) is 11.8 Å². The Hall–Kier alpha value is -2.29. The topological polar surface area (TPSA) is 69.2 Å². The summed E-state index contributed by atoms with van der Waals surface area (Å²) >= 11 is 0. The van der Waals surface area contributed by atoms with Gasteiger partial charge in [0.25, 0.3) is 0 Å². The van der Waals surface area contributed by atoms with Crippen LogP contribution in [-0.4, -0.2) is 40.6 Å². The summed E-state index contributed by atoms with van der Waals surface area (Å²) in [5, 5.41) is 4.35. The molecule has 0 bridgehead atoms. The number of ether oxygens (including phenoxy) is 1. The first-order chi connectivity index (χ1) is 12.8. The molecule has 0 radical (unpaired) electrons. The number of aromatic nitrogens is 3. The standard InChI is InChI=1S/C18H22F3N5O/c1-11-2-5-25(11)17-16(22)14(18(19,20)21)8-15(24-17)12-9-23-26(10-12)13-3-6-27-7-4-13/h8-11,13H,2-7,22H2,1H3/t11-/m0/s1. The van der Waals surface area contributed by atoms with Gasteiger partial charge in [-0.25, -0.2) is 4.98 Å². The fourth-order valence-corrected chi connectivity index (χ4v) is 3.59. The summed E-state index contributed by atoms with van der Waals surface area (Å²) < 4.78 is 47.8. The fraction of sp³-hybridized carbons (Fsp3) is 0.556. The SMILES string of the molecule is C[C@H]1CCN1c1nc(-c2cnn(C3CCOCC3)c2)cc(C(F)(F)F)c1N. The third kappa shape index (κ3) is 3.36. The van der Waals surface area contributed by atoms with Crippen LogP contribution in [0.5, 0.6) is 0 Å². The molecule has 0 aromatic carbocycles. The number of nitrogens with two attached hydrogens (primary N) is 1. The van der Waals surface area contributed by atoms with Crippen LogP contribution in [0.4, 0.5) is 24.7 Å². The van der Waals surface area contributed by atoms with Gasteiger partial charge >= 0.3 is 6.18 Å². The van der Waals surface area contributed by atoms with E-state index in [0.29, 0.717) is 25.3 Å². The van der Waals surface area contributed by atoms with Crippen molar-refractivity contribution in [3.63, 3.8) is 0 Å². The first-order valence-electron chi connectivity index (χ1n) is 9.11. The van der Waals surface area contributed by atoms with Crippen molar-refractivity contribution in [2.75, 3.05) is 30.4 Å². The van der Waals surface area contributed by atoms with Crippen LogP contribution in [0.2, 0.25) is 0 Å². The van der Waals surface area contributed by atoms with Crippen molar-refractivity contribution in [3.05, 3.63) is 24.0 Å². The van der Waals surface area contributed by atoms with Gasteiger partial charge in [-0.05, 0) is 32.3 Å². The molecule has 0 spiro atoms. The highest BCUT2D eigenvalue weighted by Crippen LogP contribution is 2.41. The summed E-state index contributed by atoms with van der Waals surface area (Å²) in [6.07, 6.45) is 1.37. The first-order valence-corrected chi connectivity index (χ1v) is 9.11. The Bertz CT molecular complexity index is 829. The molecule has 2 saturated heterocycles. The van der Waals surface area contributed by atoms with E-state index in [2.05, 4.69) is 10.1 Å². The number of pyridine rings is 1. The molecule has 4 rings (SSSR count). The molecule has 2 aliphatic heterocycles. The molecule has 6 nitrogen and oxygen atoms in total. The number of rotatable bonds is 3. The molecule has 9 heteroatoms. The summed E-state index contributed by atoms with van der Waals surface area (Å²) in [6, 6.07) is 1.34. The lowest BCUT2D eigenvalue weighted by Gasteiger charge is -2.40. The molecule has 27 heavy (non-hydrogen) atoms. The summed E-state index contributed by atoms with van der Waals surface area (Å²) in [4.78, 5) is 6.29. The molecular formula is C18H22F3N5O. The Morgan fingerprint density at radius 1 is 1.22 bits per heavy atom. The third-order valence-electron chi connectivity index (χ3n) is 5.40. The second-order valence-electron chi connectivity index (χ2n) is 7.17. The van der Waals surface area contributed by atoms with E-state index in [4.69, 9.17) is 10.5 Å². The average Bonchev–Trinajstić information content (AvgIpc) is 3.12. The predicted octanol–water partition coefficient (Wildman–Crippen LogP) is 3.50. The van der Waals surface area contributed by atoms with Crippen LogP contribution in [0.15, 0.2) is 18.5 Å². The van der Waals surface area contributed by atoms with Gasteiger partial charge in [-0.3, -0.25) is 4.68 Å². The predicted molar refractivity (Wildman–Crippen MR) is 95.4 cm³/mol. The highest BCUT2D eigenvalue weighted by atomic mass is 19.4. The van der Waals surface area contributed by atoms with Crippen molar-refractivity contribution in [3.8, 4) is 11.3 Å². The Kier molecular flexibility index (Phi) is 4.49. The monoisotopic (exact) mass is 381 g/mol. The lowest BCUT2D eigenvalue weighted by Crippen LogP contribution is -2.46. The molecule has 1 atom stereocenters. The number of hydrogen-bond donors (Lipinski definition) is 1. The highest BCUT2D eigenvalue weighted by molar-refractivity contribution is 5.74. The minimum atomic E-state index is -4.54. The summed E-state index contributed by atoms with van der Waals surface area (Å²) in [5.74, 6) is 0.206. The molecule has 4 heterocycles. The van der Waals surface area contributed by atoms with Gasteiger partial charge in [-0.1, -0.05) is 0 Å². The number of hydrogen-bond acceptors (Lipinski definition) is 5. The van der Waals surface area contributed by atoms with Crippen molar-refractivity contribution >= 4 is 11.5 Å². The summed E-state index contributed by atoms with van der Waals surface area (Å²) in [7, 11) is 0. The van der Waals surface area contributed by atoms with E-state index in [1.54, 1.807) is 17.1 Å². The molecule has 2 fully saturated rings. The number of anilines is 2. The van der Waals surface area contributed by atoms with Crippen LogP contribution in [0.1, 0.15) is 37.8 Å². The number of alkyl halides is 3. The van der Waals surface area contributed by atoms with Crippen molar-refractivity contribution < 1.29 is 17.9 Å². The maximum absolute atomic E-state index is 13.5. The Labute approximate surface area is 155 Å². The zero-order chi connectivity index (χ0) is 19.2. The summed E-state index contributed by atoms with van der Waals surface area (Å²) in [6.45, 7) is 3.93. The lowest BCUT2D eigenvalue weighted by molar-refractivity contribution is -0.136. The fourth-order valence-electron chi connectivity index (χ4n) is 3.59. The minimum Gasteiger partial charge on any atom is -0.395 e. The molecular weight excluding hydrogens is 359 g/mol. The van der Waals surface area contributed by atoms with Crippen molar-refractivity contribution in [2.45, 2.75) is 44.4 Å². The van der Waals surface area contributed by atoms with Gasteiger partial charge in [0.2, 0.25) is 0 Å². The van der Waals surface area contributed by atoms with Gasteiger partial charge in [0.1, 0.15) is 0 Å². The molecule has 2 aliphatic rings. The zero-order valence-corrected chi connectivity index (χ0v) is 15.0. The van der Waals surface area contributed by atoms with Gasteiger partial charge in [-0.2, -0.15) is 18.3 Å². The van der Waals surface area contributed by atoms with E-state index < -0.39 is 11.7 Å². The zero-order valence-electron chi connectivity index (χ0n) is 15.0. The Morgan fingerprint density at radius 3 is 2.56 bits per heavy atom. The molecule has 0 aliphatic carbocycles. The van der Waals surface area contributed by atoms with Gasteiger partial charge < -0.3 is 15.4 Å². The van der Waals surface area contributed by atoms with Gasteiger partial charge in [0, 0.05) is 37.6 Å². The first kappa shape index (κ1) is 18.1. The van der Waals surface area contributed by atoms with Crippen molar-refractivity contribution in [2.24, 2.45) is 0 Å². The van der Waals surface area contributed by atoms with Crippen LogP contribution < -0.4 is 10.6 Å². The second kappa shape index (κ2) is 6.70. The number of nitrogens with zero attached hydrogens (tertiary/aromatic N) is 4. The molecule has 0 amide bonds. The maximum Gasteiger partial charge on any atom is 0.418 e. The molecule has 146 valence electrons. The molecule has 0 saturated carbocycles. The van der Waals surface area contributed by atoms with Crippen LogP contribution in [0.3, 0.4) is 0 Å². The van der Waals surface area contributed by atoms with Crippen molar-refractivity contribution in [1.29, 1.82) is 0 Å². The van der Waals surface area contributed by atoms with Crippen LogP contribution >= 0.6 is 0 Å². The summed E-state index contributed by atoms with van der Waals surface area (Å²) in [5.41, 5.74) is 5.49. The molecule has 2 aromatic rings. The van der Waals surface area contributed by atoms with E-state index in [9.17, 15) is 13.2 Å². The lowest BCUT2D eigenvalue weighted by atomic mass is 10.0. The van der Waals surface area contributed by atoms with Crippen LogP contribution in [0, 0.1) is 0 Å². The molecule has 2 aromatic heterocycles. The van der Waals surface area contributed by atoms with E-state index >= 15 is 0 Å². The quantitative estimate of drug-likeness (QED) is 0.881. The largest absolute Gasteiger partial charge is 0.418 e. The van der Waals surface area contributed by atoms with Gasteiger partial charge in [0.05, 0.1) is 29.2 Å². The van der Waals surface area contributed by atoms with E-state index in [0.717, 1.165) is 25.3 Å². The Balaban J connectivity index is 1.74. The maximum atomic E-state index is 13.5. The minimum absolute atomic E-state index is 0.126. The van der Waals surface area contributed by atoms with Gasteiger partial charge in [-0.15, -0.1) is 0 Å². The normalized spacial score (nSPS) is 21.3. The van der Waals surface area contributed by atoms with Crippen LogP contribution in [0.25, 0.3) is 11.3 Å².